The number of hydrogen-bond acceptors (Lipinski definition) is 3. The van der Waals surface area contributed by atoms with E-state index in [9.17, 15) is 0 Å². The minimum Gasteiger partial charge on any atom is -0.468 e. The van der Waals surface area contributed by atoms with E-state index < -0.39 is 0 Å². The van der Waals surface area contributed by atoms with Crippen molar-refractivity contribution in [1.29, 1.82) is 0 Å². The highest BCUT2D eigenvalue weighted by molar-refractivity contribution is 6.93. The van der Waals surface area contributed by atoms with Gasteiger partial charge in [0, 0.05) is 28.2 Å². The molecule has 75 heavy (non-hydrogen) atoms. The van der Waals surface area contributed by atoms with Gasteiger partial charge in [-0.05, 0) is 220 Å². The Morgan fingerprint density at radius 1 is 0.640 bits per heavy atom. The Hall–Kier alpha value is -4.44. The lowest BCUT2D eigenvalue weighted by atomic mass is 9.33. The van der Waals surface area contributed by atoms with Gasteiger partial charge in [0.2, 0.25) is 0 Å². The Labute approximate surface area is 454 Å². The Bertz CT molecular complexity index is 3240. The minimum atomic E-state index is -0.0312. The molecule has 3 nitrogen and oxygen atoms in total. The fourth-order valence-electron chi connectivity index (χ4n) is 17.6. The molecule has 3 fully saturated rings. The third-order valence-corrected chi connectivity index (χ3v) is 22.9. The van der Waals surface area contributed by atoms with Crippen molar-refractivity contribution in [2.45, 2.75) is 211 Å². The summed E-state index contributed by atoms with van der Waals surface area (Å²) in [6.07, 6.45) is 34.3. The number of nitrogens with zero attached hydrogens (tertiary/aromatic N) is 2. The zero-order chi connectivity index (χ0) is 53.1. The average molecular weight is 999 g/mol. The van der Waals surface area contributed by atoms with Gasteiger partial charge in [0.25, 0.3) is 6.71 Å². The van der Waals surface area contributed by atoms with Gasteiger partial charge in [0.05, 0.1) is 17.4 Å². The number of furan rings is 1. The molecule has 3 aromatic rings. The van der Waals surface area contributed by atoms with Gasteiger partial charge in [-0.25, -0.2) is 0 Å². The molecule has 4 heteroatoms. The van der Waals surface area contributed by atoms with Crippen molar-refractivity contribution in [2.75, 3.05) is 9.80 Å². The van der Waals surface area contributed by atoms with Crippen molar-refractivity contribution in [2.24, 2.45) is 50.7 Å². The molecule has 5 unspecified atom stereocenters. The molecule has 0 radical (unpaired) electrons. The highest BCUT2D eigenvalue weighted by Gasteiger charge is 2.57. The van der Waals surface area contributed by atoms with E-state index in [-0.39, 0.29) is 56.1 Å². The van der Waals surface area contributed by atoms with E-state index in [0.29, 0.717) is 23.7 Å². The quantitative estimate of drug-likeness (QED) is 0.244. The SMILES string of the molecule is CC1=CC2=C3B(c4cc(C(C)(C)C)ccc4N2C2=C(C4=CC=C(C(C)(C)C)CC4)C4C(C=C2)C(C)(C)CCC4(C)C)c2oc4cc5c(cc4c2N(C2=CC4C(C=C2)C(C)(C)CCC4(C)C)C3C1)C1(C)CCC5(C)CC1. The Kier molecular flexibility index (Phi) is 10.6. The van der Waals surface area contributed by atoms with Crippen molar-refractivity contribution >= 4 is 40.2 Å². The lowest BCUT2D eigenvalue weighted by Gasteiger charge is -2.56. The van der Waals surface area contributed by atoms with E-state index >= 15 is 0 Å². The summed E-state index contributed by atoms with van der Waals surface area (Å²) >= 11 is 0. The van der Waals surface area contributed by atoms with E-state index in [2.05, 4.69) is 206 Å². The van der Waals surface area contributed by atoms with E-state index in [0.717, 1.165) is 30.5 Å². The molecule has 2 aromatic carbocycles. The highest BCUT2D eigenvalue weighted by atomic mass is 16.3. The summed E-state index contributed by atoms with van der Waals surface area (Å²) in [5.41, 5.74) is 24.0. The molecule has 3 heterocycles. The fraction of sp³-hybridized carbons (Fsp3) is 0.577. The van der Waals surface area contributed by atoms with Crippen LogP contribution in [0.15, 0.2) is 128 Å². The van der Waals surface area contributed by atoms with Gasteiger partial charge < -0.3 is 14.2 Å². The summed E-state index contributed by atoms with van der Waals surface area (Å²) in [5, 5.41) is 1.32. The van der Waals surface area contributed by atoms with Gasteiger partial charge >= 0.3 is 0 Å². The van der Waals surface area contributed by atoms with Crippen molar-refractivity contribution in [3.8, 4) is 0 Å². The number of fused-ring (bicyclic) bond motifs is 10. The summed E-state index contributed by atoms with van der Waals surface area (Å²) < 4.78 is 7.84. The van der Waals surface area contributed by atoms with Crippen LogP contribution in [0.5, 0.6) is 0 Å². The third kappa shape index (κ3) is 7.30. The van der Waals surface area contributed by atoms with Crippen molar-refractivity contribution < 1.29 is 4.42 Å². The van der Waals surface area contributed by atoms with Gasteiger partial charge in [-0.15, -0.1) is 0 Å². The average Bonchev–Trinajstić information content (AvgIpc) is 3.72. The Morgan fingerprint density at radius 2 is 1.27 bits per heavy atom. The number of hydrogen-bond donors (Lipinski definition) is 0. The molecule has 5 atom stereocenters. The molecule has 1 aromatic heterocycles. The monoisotopic (exact) mass is 999 g/mol. The predicted octanol–water partition coefficient (Wildman–Crippen LogP) is 17.7. The molecule has 0 amide bonds. The van der Waals surface area contributed by atoms with E-state index in [1.807, 2.05) is 0 Å². The first kappa shape index (κ1) is 50.1. The number of anilines is 2. The van der Waals surface area contributed by atoms with Crippen molar-refractivity contribution in [1.82, 2.24) is 0 Å². The lowest BCUT2D eigenvalue weighted by molar-refractivity contribution is 0.0268. The third-order valence-electron chi connectivity index (χ3n) is 22.9. The second-order valence-corrected chi connectivity index (χ2v) is 31.8. The molecule has 394 valence electrons. The fourth-order valence-corrected chi connectivity index (χ4v) is 17.6. The van der Waals surface area contributed by atoms with E-state index in [1.165, 1.54) is 107 Å². The second-order valence-electron chi connectivity index (χ2n) is 31.8. The van der Waals surface area contributed by atoms with Crippen LogP contribution in [0.2, 0.25) is 0 Å². The normalized spacial score (nSPS) is 32.7. The lowest BCUT2D eigenvalue weighted by Crippen LogP contribution is -2.62. The number of allylic oxidation sites excluding steroid dienone is 11. The van der Waals surface area contributed by atoms with Gasteiger partial charge in [0.15, 0.2) is 0 Å². The smallest absolute Gasteiger partial charge is 0.292 e. The minimum absolute atomic E-state index is 0.0203. The molecular weight excluding hydrogens is 908 g/mol. The van der Waals surface area contributed by atoms with Gasteiger partial charge in [-0.3, -0.25) is 0 Å². The van der Waals surface area contributed by atoms with E-state index in [1.54, 1.807) is 27.8 Å². The first-order valence-electron chi connectivity index (χ1n) is 30.0. The molecule has 9 aliphatic carbocycles. The summed E-state index contributed by atoms with van der Waals surface area (Å²) in [6.45, 7) is 42.5. The predicted molar refractivity (Wildman–Crippen MR) is 319 cm³/mol. The van der Waals surface area contributed by atoms with Crippen LogP contribution in [0.3, 0.4) is 0 Å². The van der Waals surface area contributed by atoms with E-state index in [4.69, 9.17) is 4.42 Å². The number of rotatable bonds is 3. The van der Waals surface area contributed by atoms with Gasteiger partial charge in [-0.2, -0.15) is 0 Å². The second kappa shape index (κ2) is 15.9. The topological polar surface area (TPSA) is 19.6 Å². The summed E-state index contributed by atoms with van der Waals surface area (Å²) in [5.74, 6) is 1.81. The molecule has 2 aliphatic heterocycles. The first-order chi connectivity index (χ1) is 35.0. The molecule has 3 saturated carbocycles. The van der Waals surface area contributed by atoms with Gasteiger partial charge in [-0.1, -0.05) is 164 Å². The summed E-state index contributed by atoms with van der Waals surface area (Å²) in [7, 11) is 0. The van der Waals surface area contributed by atoms with Gasteiger partial charge in [0.1, 0.15) is 5.58 Å². The maximum atomic E-state index is 7.84. The van der Waals surface area contributed by atoms with Crippen LogP contribution in [-0.2, 0) is 16.2 Å². The molecule has 0 N–H and O–H groups in total. The largest absolute Gasteiger partial charge is 0.468 e. The zero-order valence-corrected chi connectivity index (χ0v) is 49.6. The first-order valence-corrected chi connectivity index (χ1v) is 30.0. The van der Waals surface area contributed by atoms with Crippen LogP contribution in [0.25, 0.3) is 11.0 Å². The molecule has 2 bridgehead atoms. The van der Waals surface area contributed by atoms with Crippen LogP contribution in [0.1, 0.15) is 205 Å². The molecule has 11 aliphatic rings. The molecule has 0 spiro atoms. The van der Waals surface area contributed by atoms with Crippen LogP contribution < -0.4 is 20.9 Å². The van der Waals surface area contributed by atoms with Crippen molar-refractivity contribution in [3.63, 3.8) is 0 Å². The van der Waals surface area contributed by atoms with Crippen LogP contribution >= 0.6 is 0 Å². The maximum Gasteiger partial charge on any atom is 0.292 e. The summed E-state index contributed by atoms with van der Waals surface area (Å²) in [4.78, 5) is 5.70. The van der Waals surface area contributed by atoms with Crippen LogP contribution in [0.4, 0.5) is 11.4 Å². The molecular formula is C71H91BN2O. The standard InChI is InChI=1S/C71H91BN2O/c1-42-36-56-61-57(37-42)74(55-27-25-49-60(69(14,15)31-30-67(49,10)11)59(55)43-18-20-44(21-19-43)64(2,3)4)54-26-22-45(65(5,6)7)38-53(54)72(61)63-62(73(56)46-23-24-48-50(39-46)68(12,13)29-28-66(48,8)9)47-40-51-52(41-58(47)75-63)71(17)34-32-70(51,16)33-35-71/h18,20,22-27,37-41,48-50,56,60H,19,21,28-36H2,1-17H3. The summed E-state index contributed by atoms with van der Waals surface area (Å²) in [6, 6.07) is 13.0. The maximum absolute atomic E-state index is 7.84. The molecule has 14 rings (SSSR count). The van der Waals surface area contributed by atoms with Crippen LogP contribution in [0, 0.1) is 50.7 Å². The van der Waals surface area contributed by atoms with Crippen molar-refractivity contribution in [3.05, 3.63) is 140 Å². The van der Waals surface area contributed by atoms with Crippen LogP contribution in [-0.4, -0.2) is 12.8 Å². The number of benzene rings is 2. The Balaban J connectivity index is 1.12. The zero-order valence-electron chi connectivity index (χ0n) is 49.6. The Morgan fingerprint density at radius 3 is 1.91 bits per heavy atom. The molecule has 0 saturated heterocycles. The highest BCUT2D eigenvalue weighted by Crippen LogP contribution is 2.63.